The van der Waals surface area contributed by atoms with Gasteiger partial charge in [0.25, 0.3) is 0 Å². The van der Waals surface area contributed by atoms with Gasteiger partial charge in [0.15, 0.2) is 11.4 Å². The highest BCUT2D eigenvalue weighted by atomic mass is 15.0. The quantitative estimate of drug-likeness (QED) is 0.203. The second-order valence-electron chi connectivity index (χ2n) is 11.6. The molecule has 0 saturated carbocycles. The molecule has 210 valence electrons. The Labute approximate surface area is 262 Å². The molecule has 6 heteroatoms. The molecule has 0 radical (unpaired) electrons. The molecule has 0 atom stereocenters. The van der Waals surface area contributed by atoms with Crippen molar-refractivity contribution in [3.05, 3.63) is 133 Å². The third kappa shape index (κ3) is 3.02. The van der Waals surface area contributed by atoms with Crippen LogP contribution in [0, 0.1) is 22.7 Å². The standard InChI is InChI=1S/C40H20N6/c41-21-29-30(22-42)44-40-28-18-20-36(46-33-15-7-3-11-25(33)26-12-4-8-16-34(26)46)38-35(19-17-27(37(28)38)39(40)43-29)45-31-13-5-1-9-23(31)24-10-2-6-14-32(24)45/h1-20H. The van der Waals surface area contributed by atoms with Crippen molar-refractivity contribution in [2.75, 3.05) is 0 Å². The van der Waals surface area contributed by atoms with Crippen LogP contribution in [-0.2, 0) is 0 Å². The lowest BCUT2D eigenvalue weighted by Crippen LogP contribution is -2.01. The minimum Gasteiger partial charge on any atom is -0.309 e. The van der Waals surface area contributed by atoms with Gasteiger partial charge in [-0.1, -0.05) is 72.8 Å². The molecule has 6 aromatic carbocycles. The number of fused-ring (bicyclic) bond motifs is 9. The third-order valence-corrected chi connectivity index (χ3v) is 9.38. The predicted octanol–water partition coefficient (Wildman–Crippen LogP) is 9.21. The minimum absolute atomic E-state index is 0.0382. The van der Waals surface area contributed by atoms with E-state index in [1.807, 2.05) is 0 Å². The molecule has 3 heterocycles. The summed E-state index contributed by atoms with van der Waals surface area (Å²) in [6.45, 7) is 0. The lowest BCUT2D eigenvalue weighted by Gasteiger charge is -2.18. The van der Waals surface area contributed by atoms with Crippen LogP contribution in [0.2, 0.25) is 0 Å². The molecule has 0 saturated heterocycles. The van der Waals surface area contributed by atoms with Gasteiger partial charge in [0.1, 0.15) is 12.1 Å². The van der Waals surface area contributed by atoms with E-state index >= 15 is 0 Å². The van der Waals surface area contributed by atoms with Crippen LogP contribution in [0.15, 0.2) is 121 Å². The van der Waals surface area contributed by atoms with E-state index in [1.165, 1.54) is 21.5 Å². The van der Waals surface area contributed by atoms with Gasteiger partial charge < -0.3 is 9.13 Å². The molecule has 0 unspecified atom stereocenters. The zero-order chi connectivity index (χ0) is 30.5. The maximum absolute atomic E-state index is 9.82. The van der Waals surface area contributed by atoms with Crippen molar-refractivity contribution in [1.82, 2.24) is 19.1 Å². The van der Waals surface area contributed by atoms with Crippen LogP contribution in [0.1, 0.15) is 11.4 Å². The number of benzene rings is 6. The molecule has 9 aromatic rings. The van der Waals surface area contributed by atoms with Gasteiger partial charge in [-0.05, 0) is 48.5 Å². The van der Waals surface area contributed by atoms with E-state index in [0.717, 1.165) is 55.3 Å². The van der Waals surface area contributed by atoms with Crippen LogP contribution in [0.3, 0.4) is 0 Å². The fourth-order valence-corrected chi connectivity index (χ4v) is 7.56. The Morgan fingerprint density at radius 1 is 0.413 bits per heavy atom. The minimum atomic E-state index is 0.0382. The first kappa shape index (κ1) is 24.7. The van der Waals surface area contributed by atoms with Crippen molar-refractivity contribution < 1.29 is 0 Å². The normalized spacial score (nSPS) is 11.9. The summed E-state index contributed by atoms with van der Waals surface area (Å²) in [5.41, 5.74) is 9.66. The highest BCUT2D eigenvalue weighted by Crippen LogP contribution is 2.50. The molecule has 0 spiro atoms. The van der Waals surface area contributed by atoms with E-state index < -0.39 is 0 Å². The Balaban J connectivity index is 1.43. The molecule has 3 aromatic heterocycles. The molecule has 1 aliphatic rings. The summed E-state index contributed by atoms with van der Waals surface area (Å²) >= 11 is 0. The van der Waals surface area contributed by atoms with Crippen LogP contribution >= 0.6 is 0 Å². The molecule has 6 nitrogen and oxygen atoms in total. The number of hydrogen-bond donors (Lipinski definition) is 0. The van der Waals surface area contributed by atoms with Gasteiger partial charge in [-0.3, -0.25) is 0 Å². The zero-order valence-corrected chi connectivity index (χ0v) is 24.2. The first-order valence-electron chi connectivity index (χ1n) is 15.1. The molecule has 0 fully saturated rings. The van der Waals surface area contributed by atoms with E-state index in [9.17, 15) is 10.5 Å². The second-order valence-corrected chi connectivity index (χ2v) is 11.6. The second kappa shape index (κ2) is 8.89. The van der Waals surface area contributed by atoms with E-state index in [0.29, 0.717) is 11.4 Å². The largest absolute Gasteiger partial charge is 0.309 e. The van der Waals surface area contributed by atoms with Crippen molar-refractivity contribution in [2.24, 2.45) is 0 Å². The van der Waals surface area contributed by atoms with Gasteiger partial charge in [-0.15, -0.1) is 0 Å². The monoisotopic (exact) mass is 584 g/mol. The highest BCUT2D eigenvalue weighted by molar-refractivity contribution is 6.21. The van der Waals surface area contributed by atoms with Crippen molar-refractivity contribution >= 4 is 54.4 Å². The summed E-state index contributed by atoms with van der Waals surface area (Å²) in [4.78, 5) is 9.41. The average molecular weight is 585 g/mol. The molecule has 46 heavy (non-hydrogen) atoms. The van der Waals surface area contributed by atoms with E-state index in [2.05, 4.69) is 143 Å². The van der Waals surface area contributed by atoms with Gasteiger partial charge in [0, 0.05) is 43.4 Å². The first-order valence-corrected chi connectivity index (χ1v) is 15.1. The first-order chi connectivity index (χ1) is 22.8. The fourth-order valence-electron chi connectivity index (χ4n) is 7.56. The maximum Gasteiger partial charge on any atom is 0.177 e. The summed E-state index contributed by atoms with van der Waals surface area (Å²) in [6.07, 6.45) is 0. The highest BCUT2D eigenvalue weighted by Gasteiger charge is 2.30. The van der Waals surface area contributed by atoms with Crippen LogP contribution in [0.4, 0.5) is 0 Å². The Morgan fingerprint density at radius 3 is 1.11 bits per heavy atom. The predicted molar refractivity (Wildman–Crippen MR) is 182 cm³/mol. The Morgan fingerprint density at radius 2 is 0.761 bits per heavy atom. The SMILES string of the molecule is N#Cc1nc2c(nc1C#N)-c1ccc(-n3c4ccccc4c4ccccc43)c3c(-n4c5ccccc5c5ccccc54)ccc-2c13. The molecular formula is C40H20N6. The lowest BCUT2D eigenvalue weighted by molar-refractivity contribution is 1.15. The number of nitriles is 2. The molecule has 10 rings (SSSR count). The van der Waals surface area contributed by atoms with Gasteiger partial charge >= 0.3 is 0 Å². The summed E-state index contributed by atoms with van der Waals surface area (Å²) in [5, 5.41) is 26.4. The van der Waals surface area contributed by atoms with Crippen molar-refractivity contribution in [1.29, 1.82) is 10.5 Å². The number of aromatic nitrogens is 4. The lowest BCUT2D eigenvalue weighted by atomic mass is 9.99. The summed E-state index contributed by atoms with van der Waals surface area (Å²) in [7, 11) is 0. The van der Waals surface area contributed by atoms with Gasteiger partial charge in [0.2, 0.25) is 0 Å². The van der Waals surface area contributed by atoms with Gasteiger partial charge in [-0.2, -0.15) is 10.5 Å². The number of hydrogen-bond acceptors (Lipinski definition) is 4. The molecule has 1 aliphatic carbocycles. The molecule has 0 aliphatic heterocycles. The molecule has 0 bridgehead atoms. The summed E-state index contributed by atoms with van der Waals surface area (Å²) in [5.74, 6) is 0. The fraction of sp³-hybridized carbons (Fsp3) is 0. The Kier molecular flexibility index (Phi) is 4.76. The summed E-state index contributed by atoms with van der Waals surface area (Å²) in [6, 6.07) is 46.8. The van der Waals surface area contributed by atoms with Crippen molar-refractivity contribution in [3.63, 3.8) is 0 Å². The molecule has 0 amide bonds. The van der Waals surface area contributed by atoms with Crippen molar-refractivity contribution in [2.45, 2.75) is 0 Å². The smallest absolute Gasteiger partial charge is 0.177 e. The molecule has 0 N–H and O–H groups in total. The molecular weight excluding hydrogens is 564 g/mol. The number of para-hydroxylation sites is 4. The van der Waals surface area contributed by atoms with E-state index in [1.54, 1.807) is 0 Å². The number of nitrogens with zero attached hydrogens (tertiary/aromatic N) is 6. The van der Waals surface area contributed by atoms with Crippen LogP contribution in [0.25, 0.3) is 88.3 Å². The van der Waals surface area contributed by atoms with Crippen LogP contribution < -0.4 is 0 Å². The number of rotatable bonds is 2. The van der Waals surface area contributed by atoms with Crippen LogP contribution in [-0.4, -0.2) is 19.1 Å². The van der Waals surface area contributed by atoms with Crippen molar-refractivity contribution in [3.8, 4) is 46.0 Å². The van der Waals surface area contributed by atoms with Gasteiger partial charge in [0.05, 0.1) is 44.8 Å². The van der Waals surface area contributed by atoms with Crippen LogP contribution in [0.5, 0.6) is 0 Å². The summed E-state index contributed by atoms with van der Waals surface area (Å²) < 4.78 is 4.71. The van der Waals surface area contributed by atoms with E-state index in [-0.39, 0.29) is 11.4 Å². The maximum atomic E-state index is 9.82. The average Bonchev–Trinajstić information content (AvgIpc) is 3.74. The van der Waals surface area contributed by atoms with E-state index in [4.69, 9.17) is 9.97 Å². The Hall–Kier alpha value is -6.76. The topological polar surface area (TPSA) is 83.2 Å². The third-order valence-electron chi connectivity index (χ3n) is 9.38. The van der Waals surface area contributed by atoms with Gasteiger partial charge in [-0.25, -0.2) is 9.97 Å². The zero-order valence-electron chi connectivity index (χ0n) is 24.2. The Bertz CT molecular complexity index is 2590.